The lowest BCUT2D eigenvalue weighted by molar-refractivity contribution is -0.202. The van der Waals surface area contributed by atoms with Gasteiger partial charge in [-0.3, -0.25) is 4.79 Å². The minimum absolute atomic E-state index is 0.0104. The molecule has 0 N–H and O–H groups in total. The predicted molar refractivity (Wildman–Crippen MR) is 101 cm³/mol. The summed E-state index contributed by atoms with van der Waals surface area (Å²) in [6.45, 7) is 1.89. The molecular formula is C24H18O3. The van der Waals surface area contributed by atoms with Gasteiger partial charge in [-0.15, -0.1) is 0 Å². The Labute approximate surface area is 157 Å². The fraction of sp³-hybridized carbons (Fsp3) is 0.208. The molecule has 2 heterocycles. The Kier molecular flexibility index (Phi) is 2.74. The van der Waals surface area contributed by atoms with Crippen molar-refractivity contribution < 1.29 is 14.3 Å². The van der Waals surface area contributed by atoms with Gasteiger partial charge in [0.05, 0.1) is 12.0 Å². The van der Waals surface area contributed by atoms with Gasteiger partial charge >= 0.3 is 0 Å². The number of hydrogen-bond acceptors (Lipinski definition) is 3. The van der Waals surface area contributed by atoms with Gasteiger partial charge in [0, 0.05) is 5.56 Å². The van der Waals surface area contributed by atoms with Crippen LogP contribution in [0.5, 0.6) is 5.75 Å². The lowest BCUT2D eigenvalue weighted by Crippen LogP contribution is -2.64. The maximum absolute atomic E-state index is 14.0. The molecule has 3 heteroatoms. The van der Waals surface area contributed by atoms with E-state index in [1.807, 2.05) is 73.7 Å². The Morgan fingerprint density at radius 2 is 1.44 bits per heavy atom. The molecule has 3 aromatic carbocycles. The fourth-order valence-corrected chi connectivity index (χ4v) is 5.23. The van der Waals surface area contributed by atoms with Gasteiger partial charge in [-0.05, 0) is 35.7 Å². The first-order valence-electron chi connectivity index (χ1n) is 9.32. The van der Waals surface area contributed by atoms with Crippen molar-refractivity contribution in [2.24, 2.45) is 0 Å². The van der Waals surface area contributed by atoms with Crippen LogP contribution in [0.2, 0.25) is 0 Å². The first-order valence-corrected chi connectivity index (χ1v) is 9.32. The molecule has 132 valence electrons. The van der Waals surface area contributed by atoms with Crippen LogP contribution in [0.1, 0.15) is 41.2 Å². The summed E-state index contributed by atoms with van der Waals surface area (Å²) in [7, 11) is 0. The molecule has 0 radical (unpaired) electrons. The number of carbonyl (C=O) groups excluding carboxylic acids is 1. The van der Waals surface area contributed by atoms with Gasteiger partial charge in [-0.1, -0.05) is 66.7 Å². The average Bonchev–Trinajstić information content (AvgIpc) is 2.98. The molecule has 0 unspecified atom stereocenters. The van der Waals surface area contributed by atoms with Crippen LogP contribution in [0.3, 0.4) is 0 Å². The second-order valence-corrected chi connectivity index (χ2v) is 7.70. The smallest absolute Gasteiger partial charge is 0.217 e. The summed E-state index contributed by atoms with van der Waals surface area (Å²) in [4.78, 5) is 14.0. The van der Waals surface area contributed by atoms with E-state index in [1.165, 1.54) is 0 Å². The molecule has 1 aliphatic carbocycles. The third-order valence-corrected chi connectivity index (χ3v) is 6.37. The molecule has 3 nitrogen and oxygen atoms in total. The molecule has 4 atom stereocenters. The first kappa shape index (κ1) is 15.2. The van der Waals surface area contributed by atoms with Crippen LogP contribution in [0.4, 0.5) is 0 Å². The maximum atomic E-state index is 14.0. The summed E-state index contributed by atoms with van der Waals surface area (Å²) in [5, 5.41) is 0. The van der Waals surface area contributed by atoms with E-state index >= 15 is 0 Å². The lowest BCUT2D eigenvalue weighted by atomic mass is 9.57. The van der Waals surface area contributed by atoms with Crippen LogP contribution in [-0.4, -0.2) is 5.78 Å². The zero-order chi connectivity index (χ0) is 18.2. The van der Waals surface area contributed by atoms with Gasteiger partial charge in [-0.2, -0.15) is 0 Å². The number of rotatable bonds is 2. The van der Waals surface area contributed by atoms with Crippen molar-refractivity contribution in [1.82, 2.24) is 0 Å². The van der Waals surface area contributed by atoms with Crippen molar-refractivity contribution in [3.63, 3.8) is 0 Å². The van der Waals surface area contributed by atoms with E-state index in [4.69, 9.17) is 9.47 Å². The van der Waals surface area contributed by atoms with E-state index in [2.05, 4.69) is 12.1 Å². The molecule has 3 aromatic rings. The zero-order valence-electron chi connectivity index (χ0n) is 14.9. The number of fused-ring (bicyclic) bond motifs is 10. The topological polar surface area (TPSA) is 35.5 Å². The van der Waals surface area contributed by atoms with Crippen LogP contribution in [0.25, 0.3) is 0 Å². The van der Waals surface area contributed by atoms with Crippen molar-refractivity contribution in [2.75, 3.05) is 0 Å². The lowest BCUT2D eigenvalue weighted by Gasteiger charge is -2.56. The average molecular weight is 354 g/mol. The van der Waals surface area contributed by atoms with Crippen molar-refractivity contribution in [1.29, 1.82) is 0 Å². The Balaban J connectivity index is 1.61. The minimum Gasteiger partial charge on any atom is -0.474 e. The molecule has 2 aliphatic heterocycles. The van der Waals surface area contributed by atoms with Crippen LogP contribution in [-0.2, 0) is 20.7 Å². The van der Waals surface area contributed by atoms with Crippen molar-refractivity contribution in [2.45, 2.75) is 30.1 Å². The third kappa shape index (κ3) is 1.64. The molecule has 1 saturated heterocycles. The number of hydrogen-bond donors (Lipinski definition) is 0. The highest BCUT2D eigenvalue weighted by Crippen LogP contribution is 2.68. The zero-order valence-corrected chi connectivity index (χ0v) is 14.9. The number of carbonyl (C=O) groups is 1. The Morgan fingerprint density at radius 3 is 2.22 bits per heavy atom. The van der Waals surface area contributed by atoms with Gasteiger partial charge in [-0.25, -0.2) is 0 Å². The second kappa shape index (κ2) is 4.87. The summed E-state index contributed by atoms with van der Waals surface area (Å²) in [6.07, 6.45) is -0.178. The standard InChI is InChI=1S/C24H18O3/c1-23-18-13-7-6-12-17(18)21(27-23)20-16-11-5-8-14-19(16)24(20,22(23)25)26-15-9-3-2-4-10-15/h2-14,20-21H,1H3/t20-,21-,23+,24+/m1/s1. The quantitative estimate of drug-likeness (QED) is 0.673. The van der Waals surface area contributed by atoms with Gasteiger partial charge in [0.25, 0.3) is 0 Å². The molecule has 3 aliphatic rings. The summed E-state index contributed by atoms with van der Waals surface area (Å²) >= 11 is 0. The molecule has 6 rings (SSSR count). The van der Waals surface area contributed by atoms with E-state index < -0.39 is 11.2 Å². The Hall–Kier alpha value is -2.91. The highest BCUT2D eigenvalue weighted by atomic mass is 16.6. The maximum Gasteiger partial charge on any atom is 0.217 e. The van der Waals surface area contributed by atoms with Gasteiger partial charge in [0.15, 0.2) is 5.60 Å². The van der Waals surface area contributed by atoms with E-state index in [-0.39, 0.29) is 17.8 Å². The second-order valence-electron chi connectivity index (χ2n) is 7.70. The normalized spacial score (nSPS) is 32.1. The third-order valence-electron chi connectivity index (χ3n) is 6.37. The largest absolute Gasteiger partial charge is 0.474 e. The monoisotopic (exact) mass is 354 g/mol. The molecule has 1 fully saturated rings. The Morgan fingerprint density at radius 1 is 0.815 bits per heavy atom. The number of ketones is 1. The highest BCUT2D eigenvalue weighted by Gasteiger charge is 2.73. The van der Waals surface area contributed by atoms with Gasteiger partial charge in [0.2, 0.25) is 11.4 Å². The fourth-order valence-electron chi connectivity index (χ4n) is 5.23. The van der Waals surface area contributed by atoms with Crippen LogP contribution >= 0.6 is 0 Å². The molecule has 0 amide bonds. The van der Waals surface area contributed by atoms with Gasteiger partial charge in [0.1, 0.15) is 5.75 Å². The van der Waals surface area contributed by atoms with Crippen molar-refractivity contribution in [3.05, 3.63) is 101 Å². The predicted octanol–water partition coefficient (Wildman–Crippen LogP) is 4.63. The Bertz CT molecular complexity index is 1090. The van der Waals surface area contributed by atoms with Crippen molar-refractivity contribution in [3.8, 4) is 5.75 Å². The van der Waals surface area contributed by atoms with Crippen LogP contribution in [0, 0.1) is 0 Å². The van der Waals surface area contributed by atoms with Crippen molar-refractivity contribution >= 4 is 5.78 Å². The van der Waals surface area contributed by atoms with E-state index in [1.54, 1.807) is 0 Å². The molecule has 27 heavy (non-hydrogen) atoms. The first-order chi connectivity index (χ1) is 13.2. The summed E-state index contributed by atoms with van der Waals surface area (Å²) < 4.78 is 12.9. The molecule has 0 saturated carbocycles. The summed E-state index contributed by atoms with van der Waals surface area (Å²) in [5.41, 5.74) is 2.19. The minimum atomic E-state index is -1.01. The van der Waals surface area contributed by atoms with E-state index in [9.17, 15) is 4.79 Å². The number of para-hydroxylation sites is 1. The number of ether oxygens (including phenoxy) is 2. The van der Waals surface area contributed by atoms with E-state index in [0.717, 1.165) is 22.3 Å². The molecule has 0 aromatic heterocycles. The highest BCUT2D eigenvalue weighted by molar-refractivity contribution is 6.02. The number of benzene rings is 3. The molecule has 0 spiro atoms. The SMILES string of the molecule is C[C@]12O[C@H](c3ccccc31)[C@H]1c3ccccc3[C@@]1(Oc1ccccc1)C2=O. The van der Waals surface area contributed by atoms with E-state index in [0.29, 0.717) is 5.75 Å². The van der Waals surface area contributed by atoms with Crippen LogP contribution in [0.15, 0.2) is 78.9 Å². The number of Topliss-reactive ketones (excluding diaryl/α,β-unsaturated/α-hetero) is 1. The summed E-state index contributed by atoms with van der Waals surface area (Å²) in [5.74, 6) is 0.557. The molecular weight excluding hydrogens is 336 g/mol. The summed E-state index contributed by atoms with van der Waals surface area (Å²) in [6, 6.07) is 25.8. The molecule has 2 bridgehead atoms. The van der Waals surface area contributed by atoms with Crippen LogP contribution < -0.4 is 4.74 Å². The van der Waals surface area contributed by atoms with Gasteiger partial charge < -0.3 is 9.47 Å².